The van der Waals surface area contributed by atoms with Crippen LogP contribution in [0.3, 0.4) is 0 Å². The van der Waals surface area contributed by atoms with Gasteiger partial charge in [0.05, 0.1) is 5.69 Å². The van der Waals surface area contributed by atoms with Crippen LogP contribution in [0.1, 0.15) is 37.2 Å². The van der Waals surface area contributed by atoms with E-state index in [-0.39, 0.29) is 26.6 Å². The molecule has 8 heteroatoms. The number of nitrogens with zero attached hydrogens (tertiary/aromatic N) is 1. The van der Waals surface area contributed by atoms with Crippen LogP contribution in [0.25, 0.3) is 0 Å². The van der Waals surface area contributed by atoms with Crippen LogP contribution in [0.5, 0.6) is 0 Å². The largest absolute Gasteiger partial charge is 0.396 e. The molecule has 1 aromatic heterocycles. The first-order valence-corrected chi connectivity index (χ1v) is 7.24. The Morgan fingerprint density at radius 1 is 1.35 bits per heavy atom. The minimum Gasteiger partial charge on any atom is -0.396 e. The summed E-state index contributed by atoms with van der Waals surface area (Å²) in [4.78, 5) is 14.5. The Morgan fingerprint density at radius 3 is 2.50 bits per heavy atom. The topological polar surface area (TPSA) is 81.6 Å². The molecule has 110 valence electrons. The van der Waals surface area contributed by atoms with E-state index in [0.717, 1.165) is 12.8 Å². The van der Waals surface area contributed by atoms with Gasteiger partial charge in [0.1, 0.15) is 10.0 Å². The molecule has 0 saturated heterocycles. The summed E-state index contributed by atoms with van der Waals surface area (Å²) in [6, 6.07) is 0. The molecule has 20 heavy (non-hydrogen) atoms. The Hall–Kier alpha value is -1.04. The zero-order chi connectivity index (χ0) is 15.3. The molecule has 0 aliphatic rings. The van der Waals surface area contributed by atoms with Gasteiger partial charge in [-0.1, -0.05) is 37.0 Å². The monoisotopic (exact) mass is 337 g/mol. The maximum absolute atomic E-state index is 11.9. The molecule has 1 aromatic rings. The van der Waals surface area contributed by atoms with Gasteiger partial charge in [-0.15, -0.1) is 0 Å². The minimum atomic E-state index is -0.539. The molecule has 0 fully saturated rings. The van der Waals surface area contributed by atoms with E-state index in [1.54, 1.807) is 6.21 Å². The molecule has 0 unspecified atom stereocenters. The maximum Gasteiger partial charge on any atom is 0.337 e. The lowest BCUT2D eigenvalue weighted by Crippen LogP contribution is -2.28. The number of hydrogen-bond donors (Lipinski definition) is 2. The predicted octanol–water partition coefficient (Wildman–Crippen LogP) is 3.19. The number of nitrogen functional groups attached to an aromatic ring is 1. The number of hydrogen-bond acceptors (Lipinski definition) is 3. The van der Waals surface area contributed by atoms with Gasteiger partial charge in [-0.3, -0.25) is 4.79 Å². The van der Waals surface area contributed by atoms with Crippen LogP contribution in [-0.4, -0.2) is 12.1 Å². The molecular weight excluding hydrogens is 323 g/mol. The van der Waals surface area contributed by atoms with Gasteiger partial charge in [0, 0.05) is 6.21 Å². The highest BCUT2D eigenvalue weighted by molar-refractivity contribution is 6.45. The fourth-order valence-corrected chi connectivity index (χ4v) is 2.10. The van der Waals surface area contributed by atoms with E-state index in [0.29, 0.717) is 5.92 Å². The number of halogens is 3. The predicted molar refractivity (Wildman–Crippen MR) is 82.5 cm³/mol. The number of carbonyl (C=O) groups is 1. The van der Waals surface area contributed by atoms with Crippen molar-refractivity contribution in [3.8, 4) is 0 Å². The summed E-state index contributed by atoms with van der Waals surface area (Å²) in [5.74, 6) is -0.226. The van der Waals surface area contributed by atoms with Crippen LogP contribution in [0, 0.1) is 5.92 Å². The molecule has 0 radical (unpaired) electrons. The molecule has 1 amide bonds. The van der Waals surface area contributed by atoms with E-state index >= 15 is 0 Å². The second kappa shape index (κ2) is 7.67. The number of hydrazone groups is 1. The molecule has 0 aliphatic heterocycles. The van der Waals surface area contributed by atoms with E-state index < -0.39 is 5.91 Å². The van der Waals surface area contributed by atoms with Crippen LogP contribution >= 0.6 is 34.8 Å². The lowest BCUT2D eigenvalue weighted by molar-refractivity contribution is -0.379. The lowest BCUT2D eigenvalue weighted by Gasteiger charge is -2.05. The van der Waals surface area contributed by atoms with Crippen LogP contribution in [0.2, 0.25) is 15.2 Å². The average Bonchev–Trinajstić information content (AvgIpc) is 2.45. The fourth-order valence-electron chi connectivity index (χ4n) is 1.48. The van der Waals surface area contributed by atoms with Crippen molar-refractivity contribution in [2.45, 2.75) is 26.7 Å². The third-order valence-electron chi connectivity index (χ3n) is 2.85. The number of anilines is 1. The van der Waals surface area contributed by atoms with Gasteiger partial charge in [0.25, 0.3) is 10.8 Å². The van der Waals surface area contributed by atoms with E-state index in [9.17, 15) is 4.79 Å². The molecule has 0 spiro atoms. The molecule has 1 heterocycles. The van der Waals surface area contributed by atoms with Crippen molar-refractivity contribution < 1.29 is 9.78 Å². The molecule has 0 saturated carbocycles. The number of rotatable bonds is 5. The summed E-state index contributed by atoms with van der Waals surface area (Å²) in [7, 11) is 0. The van der Waals surface area contributed by atoms with Gasteiger partial charge in [-0.2, -0.15) is 10.1 Å². The van der Waals surface area contributed by atoms with E-state index in [1.165, 1.54) is 0 Å². The number of amides is 1. The quantitative estimate of drug-likeness (QED) is 0.491. The van der Waals surface area contributed by atoms with Gasteiger partial charge in [0.15, 0.2) is 0 Å². The number of pyridine rings is 1. The Balaban J connectivity index is 2.89. The van der Waals surface area contributed by atoms with Gasteiger partial charge in [-0.25, -0.2) is 5.43 Å². The van der Waals surface area contributed by atoms with Crippen molar-refractivity contribution in [3.05, 3.63) is 20.9 Å². The Labute approximate surface area is 132 Å². The molecule has 0 aliphatic carbocycles. The first-order valence-electron chi connectivity index (χ1n) is 6.11. The minimum absolute atomic E-state index is 0.00892. The summed E-state index contributed by atoms with van der Waals surface area (Å²) in [6.45, 7) is 4.10. The van der Waals surface area contributed by atoms with Crippen molar-refractivity contribution in [3.63, 3.8) is 0 Å². The summed E-state index contributed by atoms with van der Waals surface area (Å²) in [5, 5.41) is 4.02. The van der Waals surface area contributed by atoms with Gasteiger partial charge in [0.2, 0.25) is 0 Å². The van der Waals surface area contributed by atoms with E-state index in [2.05, 4.69) is 15.5 Å². The number of nitrogens with two attached hydrogens (primary N) is 1. The van der Waals surface area contributed by atoms with E-state index in [4.69, 9.17) is 40.5 Å². The van der Waals surface area contributed by atoms with Crippen LogP contribution < -0.4 is 16.1 Å². The highest BCUT2D eigenvalue weighted by atomic mass is 35.5. The fraction of sp³-hybridized carbons (Fsp3) is 0.417. The Bertz CT molecular complexity index is 530. The SMILES string of the molecule is CCC(/C=N\NC(=O)c1[nH+]c(Cl)c(Cl)c(N)c1Cl)CC. The van der Waals surface area contributed by atoms with Gasteiger partial charge in [-0.05, 0) is 30.4 Å². The normalized spacial score (nSPS) is 11.3. The Morgan fingerprint density at radius 2 is 1.95 bits per heavy atom. The van der Waals surface area contributed by atoms with Crippen molar-refractivity contribution in [1.29, 1.82) is 0 Å². The van der Waals surface area contributed by atoms with Gasteiger partial charge >= 0.3 is 5.91 Å². The number of nitrogens with one attached hydrogen (secondary N) is 2. The molecule has 0 atom stereocenters. The second-order valence-electron chi connectivity index (χ2n) is 4.15. The molecule has 0 aromatic carbocycles. The average molecular weight is 339 g/mol. The standard InChI is InChI=1S/C12H15Cl3N4O/c1-3-6(4-2)5-17-19-12(20)10-7(13)9(16)8(14)11(15)18-10/h5-6H,3-4H2,1-2H3,(H2,16,18)(H,19,20)/p+1/b17-5-. The summed E-state index contributed by atoms with van der Waals surface area (Å²) in [5.41, 5.74) is 8.09. The third kappa shape index (κ3) is 3.98. The second-order valence-corrected chi connectivity index (χ2v) is 5.29. The number of aromatic amines is 1. The summed E-state index contributed by atoms with van der Waals surface area (Å²) < 4.78 is 0. The summed E-state index contributed by atoms with van der Waals surface area (Å²) in [6.07, 6.45) is 3.58. The number of aromatic nitrogens is 1. The van der Waals surface area contributed by atoms with Crippen LogP contribution in [0.4, 0.5) is 5.69 Å². The van der Waals surface area contributed by atoms with Gasteiger partial charge < -0.3 is 5.73 Å². The maximum atomic E-state index is 11.9. The highest BCUT2D eigenvalue weighted by Gasteiger charge is 2.25. The van der Waals surface area contributed by atoms with Crippen LogP contribution in [0.15, 0.2) is 5.10 Å². The third-order valence-corrected chi connectivity index (χ3v) is 4.01. The molecule has 0 bridgehead atoms. The zero-order valence-corrected chi connectivity index (χ0v) is 13.4. The zero-order valence-electron chi connectivity index (χ0n) is 11.1. The first kappa shape index (κ1) is 17.0. The molecule has 1 rings (SSSR count). The van der Waals surface area contributed by atoms with Crippen molar-refractivity contribution in [2.75, 3.05) is 5.73 Å². The van der Waals surface area contributed by atoms with E-state index in [1.807, 2.05) is 13.8 Å². The molecule has 4 N–H and O–H groups in total. The first-order chi connectivity index (χ1) is 9.42. The van der Waals surface area contributed by atoms with Crippen molar-refractivity contribution in [2.24, 2.45) is 11.0 Å². The van der Waals surface area contributed by atoms with Crippen LogP contribution in [-0.2, 0) is 0 Å². The summed E-state index contributed by atoms with van der Waals surface area (Å²) >= 11 is 17.6. The van der Waals surface area contributed by atoms with Crippen molar-refractivity contribution >= 4 is 52.6 Å². The lowest BCUT2D eigenvalue weighted by atomic mass is 10.1. The number of H-pyrrole nitrogens is 1. The Kier molecular flexibility index (Phi) is 6.52. The van der Waals surface area contributed by atoms with Crippen molar-refractivity contribution in [1.82, 2.24) is 5.43 Å². The smallest absolute Gasteiger partial charge is 0.337 e. The highest BCUT2D eigenvalue weighted by Crippen LogP contribution is 2.31. The number of carbonyl (C=O) groups excluding carboxylic acids is 1. The molecule has 5 nitrogen and oxygen atoms in total. The molecular formula is C12H16Cl3N4O+.